The molecule has 0 atom stereocenters. The molecule has 0 saturated heterocycles. The van der Waals surface area contributed by atoms with E-state index in [0.29, 0.717) is 6.61 Å². The lowest BCUT2D eigenvalue weighted by atomic mass is 10.1. The maximum atomic E-state index is 12.1. The van der Waals surface area contributed by atoms with E-state index in [1.165, 1.54) is 18.2 Å². The summed E-state index contributed by atoms with van der Waals surface area (Å²) in [7, 11) is 0. The zero-order valence-corrected chi connectivity index (χ0v) is 12.9. The molecule has 23 heavy (non-hydrogen) atoms. The minimum atomic E-state index is -0.613. The summed E-state index contributed by atoms with van der Waals surface area (Å²) in [5, 5.41) is 11.1. The van der Waals surface area contributed by atoms with Gasteiger partial charge in [0.2, 0.25) is 0 Å². The molecule has 0 fully saturated rings. The second-order valence-corrected chi connectivity index (χ2v) is 4.94. The van der Waals surface area contributed by atoms with Gasteiger partial charge in [0.05, 0.1) is 17.1 Å². The van der Waals surface area contributed by atoms with Crippen molar-refractivity contribution >= 4 is 11.7 Å². The smallest absolute Gasteiger partial charge is 0.338 e. The molecule has 0 aliphatic carbocycles. The number of carbonyl (C=O) groups is 1. The minimum Gasteiger partial charge on any atom is -0.487 e. The summed E-state index contributed by atoms with van der Waals surface area (Å²) in [4.78, 5) is 22.5. The number of rotatable bonds is 6. The van der Waals surface area contributed by atoms with Gasteiger partial charge in [-0.1, -0.05) is 29.8 Å². The molecule has 0 amide bonds. The van der Waals surface area contributed by atoms with E-state index in [1.807, 2.05) is 31.2 Å². The molecule has 6 nitrogen and oxygen atoms in total. The molecule has 0 radical (unpaired) electrons. The highest BCUT2D eigenvalue weighted by atomic mass is 16.6. The monoisotopic (exact) mass is 315 g/mol. The Hall–Kier alpha value is -2.89. The van der Waals surface area contributed by atoms with E-state index in [4.69, 9.17) is 9.47 Å². The number of aryl methyl sites for hydroxylation is 1. The van der Waals surface area contributed by atoms with E-state index in [1.54, 1.807) is 6.92 Å². The van der Waals surface area contributed by atoms with Crippen molar-refractivity contribution in [3.8, 4) is 5.75 Å². The Labute approximate surface area is 133 Å². The van der Waals surface area contributed by atoms with E-state index in [-0.39, 0.29) is 23.6 Å². The van der Waals surface area contributed by atoms with Crippen molar-refractivity contribution in [2.45, 2.75) is 20.5 Å². The van der Waals surface area contributed by atoms with Crippen LogP contribution in [0.15, 0.2) is 42.5 Å². The number of hydrogen-bond acceptors (Lipinski definition) is 5. The van der Waals surface area contributed by atoms with Gasteiger partial charge >= 0.3 is 11.7 Å². The lowest BCUT2D eigenvalue weighted by molar-refractivity contribution is -0.385. The summed E-state index contributed by atoms with van der Waals surface area (Å²) in [6.45, 7) is 4.09. The summed E-state index contributed by atoms with van der Waals surface area (Å²) in [6, 6.07) is 11.6. The summed E-state index contributed by atoms with van der Waals surface area (Å²) in [6.07, 6.45) is 0. The maximum absolute atomic E-state index is 12.1. The van der Waals surface area contributed by atoms with Crippen LogP contribution < -0.4 is 4.74 Å². The first-order valence-corrected chi connectivity index (χ1v) is 7.15. The van der Waals surface area contributed by atoms with Gasteiger partial charge in [-0.2, -0.15) is 0 Å². The van der Waals surface area contributed by atoms with Gasteiger partial charge in [-0.3, -0.25) is 10.1 Å². The number of carbonyl (C=O) groups excluding carboxylic acids is 1. The highest BCUT2D eigenvalue weighted by Gasteiger charge is 2.19. The van der Waals surface area contributed by atoms with E-state index in [0.717, 1.165) is 11.1 Å². The van der Waals surface area contributed by atoms with Gasteiger partial charge < -0.3 is 9.47 Å². The third kappa shape index (κ3) is 4.29. The molecule has 0 bridgehead atoms. The number of ether oxygens (including phenoxy) is 2. The van der Waals surface area contributed by atoms with Gasteiger partial charge in [0, 0.05) is 6.07 Å². The van der Waals surface area contributed by atoms with Crippen LogP contribution in [0.25, 0.3) is 0 Å². The van der Waals surface area contributed by atoms with Gasteiger partial charge in [0.25, 0.3) is 0 Å². The van der Waals surface area contributed by atoms with Crippen molar-refractivity contribution in [3.05, 3.63) is 69.3 Å². The fourth-order valence-corrected chi connectivity index (χ4v) is 2.10. The van der Waals surface area contributed by atoms with E-state index < -0.39 is 10.9 Å². The van der Waals surface area contributed by atoms with Crippen molar-refractivity contribution in [2.75, 3.05) is 6.61 Å². The largest absolute Gasteiger partial charge is 0.487 e. The molecule has 0 spiro atoms. The topological polar surface area (TPSA) is 78.7 Å². The SMILES string of the molecule is CCOc1ccc(C(=O)OCc2cccc(C)c2)cc1[N+](=O)[O-]. The van der Waals surface area contributed by atoms with Crippen LogP contribution >= 0.6 is 0 Å². The zero-order valence-electron chi connectivity index (χ0n) is 12.9. The number of nitro benzene ring substituents is 1. The molecule has 0 aliphatic heterocycles. The second-order valence-electron chi connectivity index (χ2n) is 4.94. The van der Waals surface area contributed by atoms with Crippen LogP contribution in [0.3, 0.4) is 0 Å². The first-order valence-electron chi connectivity index (χ1n) is 7.15. The lowest BCUT2D eigenvalue weighted by Gasteiger charge is -2.08. The molecule has 2 aromatic carbocycles. The van der Waals surface area contributed by atoms with Gasteiger partial charge in [-0.05, 0) is 31.5 Å². The predicted octanol–water partition coefficient (Wildman–Crippen LogP) is 3.66. The molecule has 0 aromatic heterocycles. The van der Waals surface area contributed by atoms with Crippen molar-refractivity contribution in [3.63, 3.8) is 0 Å². The number of esters is 1. The first kappa shape index (κ1) is 16.5. The van der Waals surface area contributed by atoms with E-state index in [2.05, 4.69) is 0 Å². The fraction of sp³-hybridized carbons (Fsp3) is 0.235. The average Bonchev–Trinajstić information content (AvgIpc) is 2.53. The molecule has 0 N–H and O–H groups in total. The third-order valence-electron chi connectivity index (χ3n) is 3.14. The molecule has 0 heterocycles. The van der Waals surface area contributed by atoms with Crippen LogP contribution in [0.5, 0.6) is 5.75 Å². The highest BCUT2D eigenvalue weighted by Crippen LogP contribution is 2.28. The minimum absolute atomic E-state index is 0.113. The van der Waals surface area contributed by atoms with Gasteiger partial charge in [-0.25, -0.2) is 4.79 Å². The van der Waals surface area contributed by atoms with Crippen molar-refractivity contribution < 1.29 is 19.2 Å². The van der Waals surface area contributed by atoms with E-state index in [9.17, 15) is 14.9 Å². The molecule has 2 rings (SSSR count). The van der Waals surface area contributed by atoms with Crippen LogP contribution in [0.2, 0.25) is 0 Å². The molecule has 0 unspecified atom stereocenters. The van der Waals surface area contributed by atoms with Crippen molar-refractivity contribution in [1.82, 2.24) is 0 Å². The second kappa shape index (κ2) is 7.40. The van der Waals surface area contributed by atoms with E-state index >= 15 is 0 Å². The number of nitro groups is 1. The third-order valence-corrected chi connectivity index (χ3v) is 3.14. The van der Waals surface area contributed by atoms with Gasteiger partial charge in [0.15, 0.2) is 5.75 Å². The van der Waals surface area contributed by atoms with Crippen LogP contribution in [-0.2, 0) is 11.3 Å². The van der Waals surface area contributed by atoms with Gasteiger partial charge in [-0.15, -0.1) is 0 Å². The Morgan fingerprint density at radius 1 is 1.22 bits per heavy atom. The normalized spacial score (nSPS) is 10.2. The van der Waals surface area contributed by atoms with Crippen molar-refractivity contribution in [1.29, 1.82) is 0 Å². The first-order chi connectivity index (χ1) is 11.0. The molecule has 2 aromatic rings. The Kier molecular flexibility index (Phi) is 5.30. The van der Waals surface area contributed by atoms with Crippen LogP contribution in [0.4, 0.5) is 5.69 Å². The summed E-state index contributed by atoms with van der Waals surface area (Å²) in [5.41, 5.74) is 1.79. The fourth-order valence-electron chi connectivity index (χ4n) is 2.10. The summed E-state index contributed by atoms with van der Waals surface area (Å²) < 4.78 is 10.4. The molecule has 0 aliphatic rings. The number of nitrogens with zero attached hydrogens (tertiary/aromatic N) is 1. The molecule has 120 valence electrons. The van der Waals surface area contributed by atoms with Crippen LogP contribution in [0.1, 0.15) is 28.4 Å². The highest BCUT2D eigenvalue weighted by molar-refractivity contribution is 5.90. The molecular weight excluding hydrogens is 298 g/mol. The average molecular weight is 315 g/mol. The Morgan fingerprint density at radius 3 is 2.65 bits per heavy atom. The van der Waals surface area contributed by atoms with Crippen molar-refractivity contribution in [2.24, 2.45) is 0 Å². The van der Waals surface area contributed by atoms with Crippen LogP contribution in [0, 0.1) is 17.0 Å². The standard InChI is InChI=1S/C17H17NO5/c1-3-22-16-8-7-14(10-15(16)18(20)21)17(19)23-11-13-6-4-5-12(2)9-13/h4-10H,3,11H2,1-2H3. The molecule has 6 heteroatoms. The Bertz CT molecular complexity index is 727. The number of benzene rings is 2. The summed E-state index contributed by atoms with van der Waals surface area (Å²) >= 11 is 0. The Morgan fingerprint density at radius 2 is 2.00 bits per heavy atom. The quantitative estimate of drug-likeness (QED) is 0.462. The predicted molar refractivity (Wildman–Crippen MR) is 84.6 cm³/mol. The zero-order chi connectivity index (χ0) is 16.8. The van der Waals surface area contributed by atoms with Gasteiger partial charge in [0.1, 0.15) is 6.61 Å². The molecule has 0 saturated carbocycles. The maximum Gasteiger partial charge on any atom is 0.338 e. The van der Waals surface area contributed by atoms with Crippen LogP contribution in [-0.4, -0.2) is 17.5 Å². The molecular formula is C17H17NO5. The lowest BCUT2D eigenvalue weighted by Crippen LogP contribution is -2.07. The summed E-state index contributed by atoms with van der Waals surface area (Å²) in [5.74, 6) is -0.481. The Balaban J connectivity index is 2.13. The number of hydrogen-bond donors (Lipinski definition) is 0.